The number of hydrogen-bond donors (Lipinski definition) is 3. The zero-order chi connectivity index (χ0) is 10.6. The number of rotatable bonds is 5. The van der Waals surface area contributed by atoms with E-state index < -0.39 is 5.91 Å². The number of primary amides is 1. The van der Waals surface area contributed by atoms with Crippen LogP contribution in [0.1, 0.15) is 22.2 Å². The molecule has 0 radical (unpaired) electrons. The first-order valence-corrected chi connectivity index (χ1v) is 5.23. The zero-order valence-electron chi connectivity index (χ0n) is 7.99. The Kier molecular flexibility index (Phi) is 4.06. The standard InChI is InChI=1S/C9H14N2O2S/c1-6(12)3-11-4-8-2-7(5-14-8)9(10)13/h2,5-6,11-12H,3-4H2,1H3,(H2,10,13)/t6-/m1/s1. The molecule has 1 aromatic rings. The average Bonchev–Trinajstić information content (AvgIpc) is 2.52. The molecule has 1 atom stereocenters. The van der Waals surface area contributed by atoms with Gasteiger partial charge in [-0.25, -0.2) is 0 Å². The Morgan fingerprint density at radius 1 is 1.79 bits per heavy atom. The highest BCUT2D eigenvalue weighted by Crippen LogP contribution is 2.13. The van der Waals surface area contributed by atoms with Gasteiger partial charge >= 0.3 is 0 Å². The van der Waals surface area contributed by atoms with E-state index in [0.717, 1.165) is 4.88 Å². The number of carbonyl (C=O) groups excluding carboxylic acids is 1. The largest absolute Gasteiger partial charge is 0.392 e. The molecule has 0 aliphatic heterocycles. The molecule has 0 aliphatic carbocycles. The molecule has 0 aromatic carbocycles. The second-order valence-corrected chi connectivity index (χ2v) is 4.14. The lowest BCUT2D eigenvalue weighted by atomic mass is 10.3. The number of carbonyl (C=O) groups is 1. The van der Waals surface area contributed by atoms with Crippen LogP contribution >= 0.6 is 11.3 Å². The molecule has 1 aromatic heterocycles. The molecule has 78 valence electrons. The molecular formula is C9H14N2O2S. The van der Waals surface area contributed by atoms with Crippen molar-refractivity contribution in [3.63, 3.8) is 0 Å². The van der Waals surface area contributed by atoms with Crippen molar-refractivity contribution in [2.75, 3.05) is 6.54 Å². The summed E-state index contributed by atoms with van der Waals surface area (Å²) in [4.78, 5) is 11.8. The van der Waals surface area contributed by atoms with Crippen molar-refractivity contribution in [3.8, 4) is 0 Å². The summed E-state index contributed by atoms with van der Waals surface area (Å²) in [6.45, 7) is 2.92. The summed E-state index contributed by atoms with van der Waals surface area (Å²) >= 11 is 1.48. The second-order valence-electron chi connectivity index (χ2n) is 3.15. The summed E-state index contributed by atoms with van der Waals surface area (Å²) in [5.74, 6) is -0.400. The third-order valence-corrected chi connectivity index (χ3v) is 2.61. The summed E-state index contributed by atoms with van der Waals surface area (Å²) in [5, 5.41) is 13.8. The number of aliphatic hydroxyl groups excluding tert-OH is 1. The molecule has 1 amide bonds. The average molecular weight is 214 g/mol. The molecule has 5 heteroatoms. The van der Waals surface area contributed by atoms with Gasteiger partial charge in [0.25, 0.3) is 0 Å². The molecule has 14 heavy (non-hydrogen) atoms. The van der Waals surface area contributed by atoms with E-state index in [9.17, 15) is 4.79 Å². The summed E-state index contributed by atoms with van der Waals surface area (Å²) in [6, 6.07) is 1.77. The van der Waals surface area contributed by atoms with Crippen molar-refractivity contribution in [3.05, 3.63) is 21.9 Å². The van der Waals surface area contributed by atoms with Crippen LogP contribution in [0, 0.1) is 0 Å². The van der Waals surface area contributed by atoms with E-state index in [0.29, 0.717) is 18.7 Å². The van der Waals surface area contributed by atoms with Crippen LogP contribution in [0.5, 0.6) is 0 Å². The van der Waals surface area contributed by atoms with Crippen molar-refractivity contribution < 1.29 is 9.90 Å². The van der Waals surface area contributed by atoms with Crippen LogP contribution in [0.2, 0.25) is 0 Å². The van der Waals surface area contributed by atoms with E-state index in [1.807, 2.05) is 0 Å². The maximum Gasteiger partial charge on any atom is 0.249 e. The van der Waals surface area contributed by atoms with Crippen LogP contribution < -0.4 is 11.1 Å². The van der Waals surface area contributed by atoms with Gasteiger partial charge in [0.05, 0.1) is 11.7 Å². The highest BCUT2D eigenvalue weighted by molar-refractivity contribution is 7.10. The van der Waals surface area contributed by atoms with E-state index in [1.165, 1.54) is 11.3 Å². The number of thiophene rings is 1. The van der Waals surface area contributed by atoms with Crippen LogP contribution in [-0.4, -0.2) is 23.7 Å². The second kappa shape index (κ2) is 5.09. The molecule has 1 heterocycles. The van der Waals surface area contributed by atoms with Gasteiger partial charge in [0.1, 0.15) is 0 Å². The highest BCUT2D eigenvalue weighted by atomic mass is 32.1. The van der Waals surface area contributed by atoms with Crippen LogP contribution in [0.4, 0.5) is 0 Å². The predicted octanol–water partition coefficient (Wildman–Crippen LogP) is 0.317. The van der Waals surface area contributed by atoms with Crippen LogP contribution in [0.25, 0.3) is 0 Å². The van der Waals surface area contributed by atoms with Crippen LogP contribution in [-0.2, 0) is 6.54 Å². The number of aliphatic hydroxyl groups is 1. The van der Waals surface area contributed by atoms with Crippen molar-refractivity contribution in [1.82, 2.24) is 5.32 Å². The first-order chi connectivity index (χ1) is 6.59. The van der Waals surface area contributed by atoms with Gasteiger partial charge in [-0.3, -0.25) is 4.79 Å². The van der Waals surface area contributed by atoms with Crippen molar-refractivity contribution in [2.24, 2.45) is 5.73 Å². The van der Waals surface area contributed by atoms with Gasteiger partial charge in [0.2, 0.25) is 5.91 Å². The van der Waals surface area contributed by atoms with Crippen LogP contribution in [0.15, 0.2) is 11.4 Å². The van der Waals surface area contributed by atoms with E-state index >= 15 is 0 Å². The Bertz CT molecular complexity index is 310. The number of amides is 1. The molecule has 4 N–H and O–H groups in total. The van der Waals surface area contributed by atoms with E-state index in [1.54, 1.807) is 18.4 Å². The number of hydrogen-bond acceptors (Lipinski definition) is 4. The van der Waals surface area contributed by atoms with Crippen molar-refractivity contribution in [1.29, 1.82) is 0 Å². The molecule has 0 spiro atoms. The Labute approximate surface area is 86.7 Å². The normalized spacial score (nSPS) is 12.7. The van der Waals surface area contributed by atoms with Crippen molar-refractivity contribution >= 4 is 17.2 Å². The fraction of sp³-hybridized carbons (Fsp3) is 0.444. The summed E-state index contributed by atoms with van der Waals surface area (Å²) in [5.41, 5.74) is 5.66. The molecule has 0 aliphatic rings. The van der Waals surface area contributed by atoms with E-state index in [4.69, 9.17) is 10.8 Å². The Hall–Kier alpha value is -0.910. The lowest BCUT2D eigenvalue weighted by Gasteiger charge is -2.04. The Morgan fingerprint density at radius 2 is 2.50 bits per heavy atom. The molecule has 0 saturated heterocycles. The summed E-state index contributed by atoms with van der Waals surface area (Å²) in [7, 11) is 0. The predicted molar refractivity (Wildman–Crippen MR) is 56.2 cm³/mol. The van der Waals surface area contributed by atoms with Gasteiger partial charge < -0.3 is 16.2 Å². The molecular weight excluding hydrogens is 200 g/mol. The number of nitrogens with one attached hydrogen (secondary N) is 1. The maximum atomic E-state index is 10.8. The Balaban J connectivity index is 2.40. The lowest BCUT2D eigenvalue weighted by molar-refractivity contribution is 0.100. The molecule has 0 saturated carbocycles. The minimum Gasteiger partial charge on any atom is -0.392 e. The Morgan fingerprint density at radius 3 is 3.00 bits per heavy atom. The lowest BCUT2D eigenvalue weighted by Crippen LogP contribution is -2.23. The third-order valence-electron chi connectivity index (χ3n) is 1.68. The third kappa shape index (κ3) is 3.45. The molecule has 0 bridgehead atoms. The van der Waals surface area contributed by atoms with Gasteiger partial charge in [-0.1, -0.05) is 0 Å². The summed E-state index contributed by atoms with van der Waals surface area (Å²) < 4.78 is 0. The fourth-order valence-corrected chi connectivity index (χ4v) is 1.85. The van der Waals surface area contributed by atoms with Crippen LogP contribution in [0.3, 0.4) is 0 Å². The monoisotopic (exact) mass is 214 g/mol. The first-order valence-electron chi connectivity index (χ1n) is 4.35. The molecule has 0 fully saturated rings. The SMILES string of the molecule is C[C@@H](O)CNCc1cc(C(N)=O)cs1. The van der Waals surface area contributed by atoms with E-state index in [-0.39, 0.29) is 6.10 Å². The van der Waals surface area contributed by atoms with Gasteiger partial charge in [-0.05, 0) is 13.0 Å². The van der Waals surface area contributed by atoms with E-state index in [2.05, 4.69) is 5.32 Å². The maximum absolute atomic E-state index is 10.8. The fourth-order valence-electron chi connectivity index (χ4n) is 1.01. The minimum atomic E-state index is -0.400. The topological polar surface area (TPSA) is 75.3 Å². The first kappa shape index (κ1) is 11.2. The summed E-state index contributed by atoms with van der Waals surface area (Å²) in [6.07, 6.45) is -0.356. The zero-order valence-corrected chi connectivity index (χ0v) is 8.80. The molecule has 4 nitrogen and oxygen atoms in total. The highest BCUT2D eigenvalue weighted by Gasteiger charge is 2.04. The molecule has 0 unspecified atom stereocenters. The minimum absolute atomic E-state index is 0.356. The smallest absolute Gasteiger partial charge is 0.249 e. The van der Waals surface area contributed by atoms with Gasteiger partial charge in [-0.15, -0.1) is 11.3 Å². The van der Waals surface area contributed by atoms with Crippen molar-refractivity contribution in [2.45, 2.75) is 19.6 Å². The van der Waals surface area contributed by atoms with Gasteiger partial charge in [-0.2, -0.15) is 0 Å². The quantitative estimate of drug-likeness (QED) is 0.660. The van der Waals surface area contributed by atoms with Gasteiger partial charge in [0.15, 0.2) is 0 Å². The number of nitrogens with two attached hydrogens (primary N) is 1. The molecule has 1 rings (SSSR count). The van der Waals surface area contributed by atoms with Gasteiger partial charge in [0, 0.05) is 23.3 Å².